The standard InChI is InChI=1S/C7H11NO2S2/c1-3-8-12(9,10)7-5-4-6(2)11-7/h4-5,8H,3H2,1-2H3. The second-order valence-corrected chi connectivity index (χ2v) is 5.65. The molecule has 3 nitrogen and oxygen atoms in total. The number of sulfonamides is 1. The molecule has 0 aliphatic carbocycles. The lowest BCUT2D eigenvalue weighted by Crippen LogP contribution is -2.22. The Morgan fingerprint density at radius 1 is 1.50 bits per heavy atom. The maximum Gasteiger partial charge on any atom is 0.250 e. The lowest BCUT2D eigenvalue weighted by Gasteiger charge is -1.99. The number of nitrogens with one attached hydrogen (secondary N) is 1. The number of thiophene rings is 1. The van der Waals surface area contributed by atoms with E-state index in [-0.39, 0.29) is 0 Å². The normalized spacial score (nSPS) is 11.8. The average Bonchev–Trinajstić information content (AvgIpc) is 2.36. The van der Waals surface area contributed by atoms with Gasteiger partial charge in [-0.15, -0.1) is 11.3 Å². The quantitative estimate of drug-likeness (QED) is 0.809. The van der Waals surface area contributed by atoms with E-state index in [4.69, 9.17) is 0 Å². The van der Waals surface area contributed by atoms with Crippen LogP contribution < -0.4 is 4.72 Å². The Hall–Kier alpha value is -0.390. The van der Waals surface area contributed by atoms with Crippen molar-refractivity contribution in [2.45, 2.75) is 18.1 Å². The Morgan fingerprint density at radius 3 is 2.58 bits per heavy atom. The van der Waals surface area contributed by atoms with Gasteiger partial charge < -0.3 is 0 Å². The van der Waals surface area contributed by atoms with Gasteiger partial charge in [0.1, 0.15) is 4.21 Å². The molecule has 0 spiro atoms. The van der Waals surface area contributed by atoms with Gasteiger partial charge in [-0.3, -0.25) is 0 Å². The Labute approximate surface area is 76.5 Å². The van der Waals surface area contributed by atoms with Gasteiger partial charge in [-0.2, -0.15) is 0 Å². The molecule has 1 rings (SSSR count). The molecule has 1 heterocycles. The molecule has 5 heteroatoms. The lowest BCUT2D eigenvalue weighted by molar-refractivity contribution is 0.586. The van der Waals surface area contributed by atoms with Crippen molar-refractivity contribution in [2.75, 3.05) is 6.54 Å². The molecule has 0 aromatic carbocycles. The zero-order valence-corrected chi connectivity index (χ0v) is 8.63. The van der Waals surface area contributed by atoms with Crippen molar-refractivity contribution in [1.82, 2.24) is 4.72 Å². The molecule has 0 aliphatic rings. The molecule has 0 atom stereocenters. The van der Waals surface area contributed by atoms with Gasteiger partial charge in [0.05, 0.1) is 0 Å². The fourth-order valence-electron chi connectivity index (χ4n) is 0.818. The van der Waals surface area contributed by atoms with Gasteiger partial charge in [-0.05, 0) is 19.1 Å². The molecule has 1 aromatic heterocycles. The molecule has 1 aromatic rings. The second-order valence-electron chi connectivity index (χ2n) is 2.37. The molecule has 0 unspecified atom stereocenters. The van der Waals surface area contributed by atoms with Gasteiger partial charge in [0, 0.05) is 11.4 Å². The fourth-order valence-corrected chi connectivity index (χ4v) is 3.19. The van der Waals surface area contributed by atoms with E-state index in [0.717, 1.165) is 4.88 Å². The first-order chi connectivity index (χ1) is 5.56. The summed E-state index contributed by atoms with van der Waals surface area (Å²) in [5.74, 6) is 0. The van der Waals surface area contributed by atoms with Crippen molar-refractivity contribution in [3.8, 4) is 0 Å². The van der Waals surface area contributed by atoms with Gasteiger partial charge in [0.15, 0.2) is 0 Å². The predicted molar refractivity (Wildman–Crippen MR) is 49.9 cm³/mol. The summed E-state index contributed by atoms with van der Waals surface area (Å²) < 4.78 is 25.5. The highest BCUT2D eigenvalue weighted by atomic mass is 32.2. The van der Waals surface area contributed by atoms with Crippen molar-refractivity contribution in [3.63, 3.8) is 0 Å². The SMILES string of the molecule is CCNS(=O)(=O)c1ccc(C)s1. The summed E-state index contributed by atoms with van der Waals surface area (Å²) in [6.45, 7) is 4.08. The fraction of sp³-hybridized carbons (Fsp3) is 0.429. The summed E-state index contributed by atoms with van der Waals surface area (Å²) in [5, 5.41) is 0. The number of hydrogen-bond acceptors (Lipinski definition) is 3. The van der Waals surface area contributed by atoms with Crippen LogP contribution in [0.4, 0.5) is 0 Å². The molecule has 68 valence electrons. The first kappa shape index (κ1) is 9.70. The Balaban J connectivity index is 2.98. The van der Waals surface area contributed by atoms with E-state index in [1.165, 1.54) is 11.3 Å². The van der Waals surface area contributed by atoms with Crippen LogP contribution in [0.5, 0.6) is 0 Å². The maximum absolute atomic E-state index is 11.3. The average molecular weight is 205 g/mol. The summed E-state index contributed by atoms with van der Waals surface area (Å²) in [7, 11) is -3.22. The molecule has 0 aliphatic heterocycles. The van der Waals surface area contributed by atoms with E-state index < -0.39 is 10.0 Å². The summed E-state index contributed by atoms with van der Waals surface area (Å²) >= 11 is 1.28. The number of hydrogen-bond donors (Lipinski definition) is 1. The van der Waals surface area contributed by atoms with Crippen LogP contribution in [0, 0.1) is 6.92 Å². The predicted octanol–water partition coefficient (Wildman–Crippen LogP) is 1.35. The zero-order valence-electron chi connectivity index (χ0n) is 6.99. The monoisotopic (exact) mass is 205 g/mol. The van der Waals surface area contributed by atoms with Crippen molar-refractivity contribution in [3.05, 3.63) is 17.0 Å². The highest BCUT2D eigenvalue weighted by Gasteiger charge is 2.13. The van der Waals surface area contributed by atoms with Crippen molar-refractivity contribution < 1.29 is 8.42 Å². The van der Waals surface area contributed by atoms with E-state index in [2.05, 4.69) is 4.72 Å². The minimum atomic E-state index is -3.22. The Morgan fingerprint density at radius 2 is 2.17 bits per heavy atom. The molecule has 0 bridgehead atoms. The molecular weight excluding hydrogens is 194 g/mol. The first-order valence-corrected chi connectivity index (χ1v) is 5.92. The molecule has 0 saturated heterocycles. The minimum Gasteiger partial charge on any atom is -0.211 e. The van der Waals surface area contributed by atoms with Crippen LogP contribution in [0.3, 0.4) is 0 Å². The van der Waals surface area contributed by atoms with Crippen LogP contribution in [0.2, 0.25) is 0 Å². The Bertz CT molecular complexity index is 353. The molecular formula is C7H11NO2S2. The molecule has 12 heavy (non-hydrogen) atoms. The van der Waals surface area contributed by atoms with Crippen molar-refractivity contribution in [1.29, 1.82) is 0 Å². The van der Waals surface area contributed by atoms with Crippen LogP contribution >= 0.6 is 11.3 Å². The third-order valence-electron chi connectivity index (χ3n) is 1.31. The summed E-state index contributed by atoms with van der Waals surface area (Å²) in [6.07, 6.45) is 0. The van der Waals surface area contributed by atoms with Gasteiger partial charge in [0.2, 0.25) is 10.0 Å². The van der Waals surface area contributed by atoms with Gasteiger partial charge >= 0.3 is 0 Å². The smallest absolute Gasteiger partial charge is 0.211 e. The largest absolute Gasteiger partial charge is 0.250 e. The topological polar surface area (TPSA) is 46.2 Å². The van der Waals surface area contributed by atoms with Crippen LogP contribution in [-0.4, -0.2) is 15.0 Å². The van der Waals surface area contributed by atoms with E-state index in [1.807, 2.05) is 6.92 Å². The van der Waals surface area contributed by atoms with Gasteiger partial charge in [-0.25, -0.2) is 13.1 Å². The highest BCUT2D eigenvalue weighted by Crippen LogP contribution is 2.19. The van der Waals surface area contributed by atoms with Crippen LogP contribution in [0.25, 0.3) is 0 Å². The van der Waals surface area contributed by atoms with Gasteiger partial charge in [-0.1, -0.05) is 6.92 Å². The van der Waals surface area contributed by atoms with E-state index in [0.29, 0.717) is 10.8 Å². The van der Waals surface area contributed by atoms with E-state index in [1.54, 1.807) is 19.1 Å². The number of rotatable bonds is 3. The van der Waals surface area contributed by atoms with Crippen LogP contribution in [0.1, 0.15) is 11.8 Å². The molecule has 0 amide bonds. The summed E-state index contributed by atoms with van der Waals surface area (Å²) in [6, 6.07) is 3.42. The third-order valence-corrected chi connectivity index (χ3v) is 4.35. The van der Waals surface area contributed by atoms with Crippen LogP contribution in [-0.2, 0) is 10.0 Å². The third kappa shape index (κ3) is 2.06. The highest BCUT2D eigenvalue weighted by molar-refractivity contribution is 7.91. The van der Waals surface area contributed by atoms with E-state index >= 15 is 0 Å². The lowest BCUT2D eigenvalue weighted by atomic mass is 10.5. The first-order valence-electron chi connectivity index (χ1n) is 3.62. The summed E-state index contributed by atoms with van der Waals surface area (Å²) in [5.41, 5.74) is 0. The molecule has 1 N–H and O–H groups in total. The molecule has 0 radical (unpaired) electrons. The maximum atomic E-state index is 11.3. The second kappa shape index (κ2) is 3.55. The van der Waals surface area contributed by atoms with Crippen LogP contribution in [0.15, 0.2) is 16.3 Å². The Kier molecular flexibility index (Phi) is 2.87. The summed E-state index contributed by atoms with van der Waals surface area (Å²) in [4.78, 5) is 1.01. The van der Waals surface area contributed by atoms with E-state index in [9.17, 15) is 8.42 Å². The van der Waals surface area contributed by atoms with Crippen molar-refractivity contribution in [2.24, 2.45) is 0 Å². The zero-order chi connectivity index (χ0) is 9.19. The number of aryl methyl sites for hydroxylation is 1. The van der Waals surface area contributed by atoms with Crippen molar-refractivity contribution >= 4 is 21.4 Å². The molecule has 0 fully saturated rings. The van der Waals surface area contributed by atoms with Gasteiger partial charge in [0.25, 0.3) is 0 Å². The minimum absolute atomic E-state index is 0.391. The molecule has 0 saturated carbocycles.